The van der Waals surface area contributed by atoms with Crippen LogP contribution < -0.4 is 5.32 Å². The topological polar surface area (TPSA) is 78.8 Å². The summed E-state index contributed by atoms with van der Waals surface area (Å²) < 4.78 is 28.8. The summed E-state index contributed by atoms with van der Waals surface area (Å²) in [5, 5.41) is 3.27. The molecule has 1 fully saturated rings. The van der Waals surface area contributed by atoms with Crippen molar-refractivity contribution in [3.63, 3.8) is 0 Å². The predicted octanol–water partition coefficient (Wildman–Crippen LogP) is 3.33. The van der Waals surface area contributed by atoms with Gasteiger partial charge in [0.25, 0.3) is 10.0 Å². The lowest BCUT2D eigenvalue weighted by Crippen LogP contribution is -2.20. The van der Waals surface area contributed by atoms with Crippen molar-refractivity contribution in [1.29, 1.82) is 0 Å². The molecule has 1 amide bonds. The molecule has 1 aliphatic rings. The van der Waals surface area contributed by atoms with Crippen molar-refractivity contribution in [2.45, 2.75) is 24.2 Å². The summed E-state index contributed by atoms with van der Waals surface area (Å²) in [6.45, 7) is 0.810. The molecule has 0 aliphatic carbocycles. The quantitative estimate of drug-likeness (QED) is 0.827. The van der Waals surface area contributed by atoms with E-state index < -0.39 is 10.0 Å². The molecule has 0 atom stereocenters. The first-order chi connectivity index (χ1) is 12.8. The number of carbonyl (C=O) groups excluding carboxylic acids is 1. The first-order valence-electron chi connectivity index (χ1n) is 8.53. The fourth-order valence-electron chi connectivity index (χ4n) is 2.83. The number of amidine groups is 1. The third-order valence-corrected chi connectivity index (χ3v) is 5.99. The van der Waals surface area contributed by atoms with Crippen molar-refractivity contribution in [2.24, 2.45) is 4.40 Å². The maximum absolute atomic E-state index is 12.4. The molecule has 0 radical (unpaired) electrons. The Kier molecular flexibility index (Phi) is 5.82. The highest BCUT2D eigenvalue weighted by molar-refractivity contribution is 7.90. The number of nitrogens with zero attached hydrogens (tertiary/aromatic N) is 2. The number of hydrogen-bond donors (Lipinski definition) is 1. The van der Waals surface area contributed by atoms with E-state index in [1.807, 2.05) is 18.0 Å². The molecule has 1 aliphatic heterocycles. The molecule has 1 saturated heterocycles. The van der Waals surface area contributed by atoms with Crippen LogP contribution in [0.15, 0.2) is 57.8 Å². The largest absolute Gasteiger partial charge is 0.362 e. The van der Waals surface area contributed by atoms with Crippen LogP contribution in [0.5, 0.6) is 0 Å². The zero-order valence-corrected chi connectivity index (χ0v) is 16.4. The van der Waals surface area contributed by atoms with Gasteiger partial charge in [0.2, 0.25) is 5.91 Å². The van der Waals surface area contributed by atoms with Crippen LogP contribution in [-0.4, -0.2) is 38.7 Å². The van der Waals surface area contributed by atoms with Gasteiger partial charge in [-0.3, -0.25) is 4.79 Å². The molecule has 2 aromatic rings. The van der Waals surface area contributed by atoms with Gasteiger partial charge in [-0.15, -0.1) is 4.40 Å². The van der Waals surface area contributed by atoms with Crippen LogP contribution in [-0.2, 0) is 21.2 Å². The Morgan fingerprint density at radius 3 is 2.52 bits per heavy atom. The van der Waals surface area contributed by atoms with E-state index in [9.17, 15) is 13.2 Å². The molecule has 1 N–H and O–H groups in total. The van der Waals surface area contributed by atoms with Gasteiger partial charge in [0.1, 0.15) is 5.84 Å². The molecule has 142 valence electrons. The Labute approximate surface area is 163 Å². The van der Waals surface area contributed by atoms with Gasteiger partial charge in [0.15, 0.2) is 0 Å². The van der Waals surface area contributed by atoms with E-state index in [1.165, 1.54) is 12.1 Å². The van der Waals surface area contributed by atoms with Gasteiger partial charge >= 0.3 is 0 Å². The predicted molar refractivity (Wildman–Crippen MR) is 107 cm³/mol. The Balaban J connectivity index is 1.68. The van der Waals surface area contributed by atoms with E-state index in [0.29, 0.717) is 23.0 Å². The number of rotatable bonds is 5. The van der Waals surface area contributed by atoms with E-state index in [2.05, 4.69) is 9.71 Å². The van der Waals surface area contributed by atoms with Crippen molar-refractivity contribution >= 4 is 39.1 Å². The molecule has 0 spiro atoms. The van der Waals surface area contributed by atoms with E-state index in [-0.39, 0.29) is 17.2 Å². The number of hydrogen-bond acceptors (Lipinski definition) is 3. The molecule has 6 nitrogen and oxygen atoms in total. The molecular weight excluding hydrogens is 386 g/mol. The molecular formula is C19H20ClN3O3S. The second-order valence-corrected chi connectivity index (χ2v) is 8.36. The van der Waals surface area contributed by atoms with Crippen molar-refractivity contribution in [1.82, 2.24) is 4.90 Å². The van der Waals surface area contributed by atoms with Crippen LogP contribution >= 0.6 is 11.6 Å². The molecule has 8 heteroatoms. The van der Waals surface area contributed by atoms with Gasteiger partial charge in [-0.25, -0.2) is 0 Å². The van der Waals surface area contributed by atoms with Gasteiger partial charge in [-0.1, -0.05) is 29.8 Å². The van der Waals surface area contributed by atoms with Gasteiger partial charge in [0, 0.05) is 30.7 Å². The molecule has 0 unspecified atom stereocenters. The standard InChI is InChI=1S/C19H20ClN3O3S/c1-23-12-4-7-18(23)22-27(25,26)16-10-8-15(9-11-16)21-19(24)13-14-5-2-3-6-17(14)20/h2-3,5-6,8-11H,4,7,12-13H2,1H3,(H,21,24). The van der Waals surface area contributed by atoms with Crippen LogP contribution in [0.2, 0.25) is 5.02 Å². The van der Waals surface area contributed by atoms with E-state index in [0.717, 1.165) is 18.5 Å². The third kappa shape index (κ3) is 4.87. The lowest BCUT2D eigenvalue weighted by molar-refractivity contribution is -0.115. The van der Waals surface area contributed by atoms with Crippen LogP contribution in [0.3, 0.4) is 0 Å². The summed E-state index contributed by atoms with van der Waals surface area (Å²) in [5.74, 6) is 0.346. The maximum Gasteiger partial charge on any atom is 0.283 e. The summed E-state index contributed by atoms with van der Waals surface area (Å²) in [7, 11) is -1.93. The highest BCUT2D eigenvalue weighted by atomic mass is 35.5. The SMILES string of the molecule is CN1CCCC1=NS(=O)(=O)c1ccc(NC(=O)Cc2ccccc2Cl)cc1. The van der Waals surface area contributed by atoms with Crippen molar-refractivity contribution in [2.75, 3.05) is 18.9 Å². The van der Waals surface area contributed by atoms with E-state index in [1.54, 1.807) is 30.3 Å². The second kappa shape index (κ2) is 8.10. The smallest absolute Gasteiger partial charge is 0.283 e. The number of anilines is 1. The number of amides is 1. The Morgan fingerprint density at radius 1 is 1.19 bits per heavy atom. The number of likely N-dealkylation sites (tertiary alicyclic amines) is 1. The van der Waals surface area contributed by atoms with Crippen molar-refractivity contribution in [3.8, 4) is 0 Å². The molecule has 0 bridgehead atoms. The molecule has 3 rings (SSSR count). The van der Waals surface area contributed by atoms with Crippen LogP contribution in [0.25, 0.3) is 0 Å². The van der Waals surface area contributed by atoms with Crippen molar-refractivity contribution < 1.29 is 13.2 Å². The zero-order valence-electron chi connectivity index (χ0n) is 14.9. The van der Waals surface area contributed by atoms with Gasteiger partial charge in [-0.2, -0.15) is 8.42 Å². The Bertz CT molecular complexity index is 972. The van der Waals surface area contributed by atoms with Gasteiger partial charge < -0.3 is 10.2 Å². The van der Waals surface area contributed by atoms with Crippen LogP contribution in [0.1, 0.15) is 18.4 Å². The first-order valence-corrected chi connectivity index (χ1v) is 10.4. The monoisotopic (exact) mass is 405 g/mol. The van der Waals surface area contributed by atoms with Crippen LogP contribution in [0.4, 0.5) is 5.69 Å². The summed E-state index contributed by atoms with van der Waals surface area (Å²) in [6, 6.07) is 13.1. The van der Waals surface area contributed by atoms with Gasteiger partial charge in [0.05, 0.1) is 11.3 Å². The average Bonchev–Trinajstić information content (AvgIpc) is 3.01. The molecule has 0 aromatic heterocycles. The summed E-state index contributed by atoms with van der Waals surface area (Å²) >= 11 is 6.06. The Morgan fingerprint density at radius 2 is 1.89 bits per heavy atom. The fraction of sp³-hybridized carbons (Fsp3) is 0.263. The lowest BCUT2D eigenvalue weighted by atomic mass is 10.1. The Hall–Kier alpha value is -2.38. The number of carbonyl (C=O) groups is 1. The number of benzene rings is 2. The third-order valence-electron chi connectivity index (χ3n) is 4.30. The molecule has 0 saturated carbocycles. The molecule has 1 heterocycles. The van der Waals surface area contributed by atoms with Crippen molar-refractivity contribution in [3.05, 3.63) is 59.1 Å². The normalized spacial score (nSPS) is 15.9. The summed E-state index contributed by atoms with van der Waals surface area (Å²) in [4.78, 5) is 14.1. The molecule has 27 heavy (non-hydrogen) atoms. The number of nitrogens with one attached hydrogen (secondary N) is 1. The minimum absolute atomic E-state index is 0.0967. The van der Waals surface area contributed by atoms with E-state index >= 15 is 0 Å². The average molecular weight is 406 g/mol. The van der Waals surface area contributed by atoms with Gasteiger partial charge in [-0.05, 0) is 42.3 Å². The zero-order chi connectivity index (χ0) is 19.4. The summed E-state index contributed by atoms with van der Waals surface area (Å²) in [6.07, 6.45) is 1.70. The second-order valence-electron chi connectivity index (χ2n) is 6.35. The minimum Gasteiger partial charge on any atom is -0.362 e. The fourth-order valence-corrected chi connectivity index (χ4v) is 4.13. The van der Waals surface area contributed by atoms with E-state index in [4.69, 9.17) is 11.6 Å². The lowest BCUT2D eigenvalue weighted by Gasteiger charge is -2.11. The van der Waals surface area contributed by atoms with Crippen LogP contribution in [0, 0.1) is 0 Å². The first kappa shape index (κ1) is 19.4. The number of sulfonamides is 1. The highest BCUT2D eigenvalue weighted by Crippen LogP contribution is 2.20. The maximum atomic E-state index is 12.4. The minimum atomic E-state index is -3.76. The summed E-state index contributed by atoms with van der Waals surface area (Å²) in [5.41, 5.74) is 1.24. The number of halogens is 1. The highest BCUT2D eigenvalue weighted by Gasteiger charge is 2.20. The molecule has 2 aromatic carbocycles.